The number of nitrogens with two attached hydrogens (primary N) is 2. The Kier molecular flexibility index (Phi) is 5.06. The van der Waals surface area contributed by atoms with E-state index in [0.717, 1.165) is 16.9 Å². The van der Waals surface area contributed by atoms with Gasteiger partial charge in [0.15, 0.2) is 5.96 Å². The molecule has 0 aliphatic heterocycles. The first-order chi connectivity index (χ1) is 10.6. The zero-order valence-corrected chi connectivity index (χ0v) is 12.5. The first-order valence-corrected chi connectivity index (χ1v) is 7.32. The van der Waals surface area contributed by atoms with Crippen molar-refractivity contribution in [2.45, 2.75) is 6.42 Å². The van der Waals surface area contributed by atoms with Crippen molar-refractivity contribution in [3.05, 3.63) is 29.6 Å². The Morgan fingerprint density at radius 1 is 1.50 bits per heavy atom. The number of hydrogen-bond acceptors (Lipinski definition) is 5. The summed E-state index contributed by atoms with van der Waals surface area (Å²) in [6.07, 6.45) is 1.56. The number of benzene rings is 1. The fraction of sp³-hybridized carbons (Fsp3) is 0.143. The lowest BCUT2D eigenvalue weighted by Gasteiger charge is -2.18. The molecule has 22 heavy (non-hydrogen) atoms. The summed E-state index contributed by atoms with van der Waals surface area (Å²) in [7, 11) is 0. The fourth-order valence-electron chi connectivity index (χ4n) is 1.84. The fourth-order valence-corrected chi connectivity index (χ4v) is 2.56. The molecule has 5 N–H and O–H groups in total. The second-order valence-electron chi connectivity index (χ2n) is 4.33. The number of rotatable bonds is 6. The van der Waals surface area contributed by atoms with Gasteiger partial charge in [0, 0.05) is 23.2 Å². The SMILES string of the molecule is N#CCCN(C=N)c1cccc(-c2csc(N=C(N)N)n2)c1. The van der Waals surface area contributed by atoms with Gasteiger partial charge < -0.3 is 16.4 Å². The molecule has 1 aromatic heterocycles. The maximum atomic E-state index is 8.67. The Hall–Kier alpha value is -2.92. The van der Waals surface area contributed by atoms with Crippen LogP contribution in [0.15, 0.2) is 34.6 Å². The number of guanidine groups is 1. The third kappa shape index (κ3) is 3.80. The van der Waals surface area contributed by atoms with E-state index in [9.17, 15) is 0 Å². The molecule has 8 heteroatoms. The second kappa shape index (κ2) is 7.19. The van der Waals surface area contributed by atoms with E-state index >= 15 is 0 Å². The number of nitriles is 1. The van der Waals surface area contributed by atoms with E-state index in [1.807, 2.05) is 29.6 Å². The van der Waals surface area contributed by atoms with Crippen molar-refractivity contribution >= 4 is 34.5 Å². The molecule has 1 aromatic carbocycles. The van der Waals surface area contributed by atoms with Gasteiger partial charge in [0.05, 0.1) is 24.5 Å². The van der Waals surface area contributed by atoms with Crippen LogP contribution in [0, 0.1) is 16.7 Å². The van der Waals surface area contributed by atoms with E-state index in [1.165, 1.54) is 17.7 Å². The van der Waals surface area contributed by atoms with Crippen LogP contribution in [-0.4, -0.2) is 23.8 Å². The highest BCUT2D eigenvalue weighted by Crippen LogP contribution is 2.29. The van der Waals surface area contributed by atoms with Gasteiger partial charge in [-0.05, 0) is 12.1 Å². The molecule has 0 spiro atoms. The molecule has 0 aliphatic rings. The van der Waals surface area contributed by atoms with Crippen molar-refractivity contribution in [2.75, 3.05) is 11.4 Å². The summed E-state index contributed by atoms with van der Waals surface area (Å²) < 4.78 is 0. The van der Waals surface area contributed by atoms with Crippen molar-refractivity contribution in [1.29, 1.82) is 10.7 Å². The molecule has 0 bridgehead atoms. The van der Waals surface area contributed by atoms with Crippen LogP contribution in [0.25, 0.3) is 11.3 Å². The molecular weight excluding hydrogens is 298 g/mol. The maximum Gasteiger partial charge on any atom is 0.212 e. The summed E-state index contributed by atoms with van der Waals surface area (Å²) >= 11 is 1.35. The lowest BCUT2D eigenvalue weighted by Crippen LogP contribution is -2.21. The van der Waals surface area contributed by atoms with Crippen LogP contribution in [0.1, 0.15) is 6.42 Å². The zero-order valence-electron chi connectivity index (χ0n) is 11.7. The van der Waals surface area contributed by atoms with Crippen molar-refractivity contribution in [3.63, 3.8) is 0 Å². The van der Waals surface area contributed by atoms with Gasteiger partial charge in [-0.25, -0.2) is 4.98 Å². The van der Waals surface area contributed by atoms with Crippen molar-refractivity contribution in [3.8, 4) is 17.3 Å². The maximum absolute atomic E-state index is 8.67. The van der Waals surface area contributed by atoms with E-state index in [4.69, 9.17) is 22.1 Å². The summed E-state index contributed by atoms with van der Waals surface area (Å²) in [4.78, 5) is 9.97. The predicted octanol–water partition coefficient (Wildman–Crippen LogP) is 2.04. The highest BCUT2D eigenvalue weighted by molar-refractivity contribution is 7.13. The topological polar surface area (TPSA) is 128 Å². The summed E-state index contributed by atoms with van der Waals surface area (Å²) in [6.45, 7) is 0.472. The highest BCUT2D eigenvalue weighted by Gasteiger charge is 2.08. The van der Waals surface area contributed by atoms with Gasteiger partial charge in [0.1, 0.15) is 0 Å². The van der Waals surface area contributed by atoms with E-state index in [-0.39, 0.29) is 5.96 Å². The molecule has 0 radical (unpaired) electrons. The van der Waals surface area contributed by atoms with Crippen LogP contribution in [-0.2, 0) is 0 Å². The molecule has 2 aromatic rings. The molecule has 0 aliphatic carbocycles. The number of nitrogens with zero attached hydrogens (tertiary/aromatic N) is 4. The number of aromatic nitrogens is 1. The Bertz CT molecular complexity index is 725. The number of aliphatic imine (C=N–C) groups is 1. The van der Waals surface area contributed by atoms with Gasteiger partial charge in [-0.3, -0.25) is 5.41 Å². The van der Waals surface area contributed by atoms with Crippen molar-refractivity contribution < 1.29 is 0 Å². The van der Waals surface area contributed by atoms with Gasteiger partial charge in [0.2, 0.25) is 5.13 Å². The Labute approximate surface area is 132 Å². The quantitative estimate of drug-likeness (QED) is 0.555. The third-order valence-corrected chi connectivity index (χ3v) is 3.55. The average Bonchev–Trinajstić information content (AvgIpc) is 2.96. The number of hydrogen-bond donors (Lipinski definition) is 3. The van der Waals surface area contributed by atoms with E-state index in [1.54, 1.807) is 4.90 Å². The summed E-state index contributed by atoms with van der Waals surface area (Å²) in [5.41, 5.74) is 13.2. The van der Waals surface area contributed by atoms with Gasteiger partial charge >= 0.3 is 0 Å². The number of thiazole rings is 1. The van der Waals surface area contributed by atoms with Crippen LogP contribution >= 0.6 is 11.3 Å². The van der Waals surface area contributed by atoms with Crippen LogP contribution in [0.3, 0.4) is 0 Å². The molecule has 7 nitrogen and oxygen atoms in total. The lowest BCUT2D eigenvalue weighted by atomic mass is 10.1. The number of anilines is 1. The van der Waals surface area contributed by atoms with Crippen molar-refractivity contribution in [1.82, 2.24) is 4.98 Å². The van der Waals surface area contributed by atoms with E-state index in [0.29, 0.717) is 18.1 Å². The first kappa shape index (κ1) is 15.5. The van der Waals surface area contributed by atoms with Crippen LogP contribution < -0.4 is 16.4 Å². The molecule has 2 rings (SSSR count). The van der Waals surface area contributed by atoms with Crippen LogP contribution in [0.2, 0.25) is 0 Å². The van der Waals surface area contributed by atoms with Crippen molar-refractivity contribution in [2.24, 2.45) is 16.5 Å². The minimum absolute atomic E-state index is 0.0267. The Morgan fingerprint density at radius 3 is 3.00 bits per heavy atom. The predicted molar refractivity (Wildman–Crippen MR) is 89.4 cm³/mol. The first-order valence-electron chi connectivity index (χ1n) is 6.44. The minimum atomic E-state index is -0.0267. The molecular formula is C14H15N7S. The minimum Gasteiger partial charge on any atom is -0.370 e. The summed E-state index contributed by atoms with van der Waals surface area (Å²) in [6, 6.07) is 9.68. The average molecular weight is 313 g/mol. The summed E-state index contributed by atoms with van der Waals surface area (Å²) in [5, 5.41) is 18.5. The van der Waals surface area contributed by atoms with Gasteiger partial charge in [0.25, 0.3) is 0 Å². The van der Waals surface area contributed by atoms with Crippen LogP contribution in [0.5, 0.6) is 0 Å². The Morgan fingerprint density at radius 2 is 2.32 bits per heavy atom. The molecule has 0 amide bonds. The standard InChI is InChI=1S/C14H15N7S/c15-5-2-6-21(9-16)11-4-1-3-10(7-11)12-8-22-14(19-12)20-13(17)18/h1,3-4,7-9,16H,2,6H2,(H4,17,18,19,20). The molecule has 1 heterocycles. The van der Waals surface area contributed by atoms with Gasteiger partial charge in [-0.2, -0.15) is 10.3 Å². The molecule has 0 unspecified atom stereocenters. The molecule has 0 saturated heterocycles. The normalized spacial score (nSPS) is 9.77. The van der Waals surface area contributed by atoms with E-state index in [2.05, 4.69) is 16.0 Å². The molecule has 112 valence electrons. The lowest BCUT2D eigenvalue weighted by molar-refractivity contribution is 0.979. The zero-order chi connectivity index (χ0) is 15.9. The molecule has 0 atom stereocenters. The van der Waals surface area contributed by atoms with Gasteiger partial charge in [-0.1, -0.05) is 12.1 Å². The molecule has 0 fully saturated rings. The van der Waals surface area contributed by atoms with Crippen LogP contribution in [0.4, 0.5) is 10.8 Å². The number of nitrogens with one attached hydrogen (secondary N) is 1. The third-order valence-electron chi connectivity index (χ3n) is 2.81. The second-order valence-corrected chi connectivity index (χ2v) is 5.17. The monoisotopic (exact) mass is 313 g/mol. The molecule has 0 saturated carbocycles. The van der Waals surface area contributed by atoms with E-state index < -0.39 is 0 Å². The van der Waals surface area contributed by atoms with Gasteiger partial charge in [-0.15, -0.1) is 11.3 Å². The smallest absolute Gasteiger partial charge is 0.212 e. The highest BCUT2D eigenvalue weighted by atomic mass is 32.1. The Balaban J connectivity index is 2.28. The largest absolute Gasteiger partial charge is 0.370 e. The summed E-state index contributed by atoms with van der Waals surface area (Å²) in [5.74, 6) is -0.0267.